The summed E-state index contributed by atoms with van der Waals surface area (Å²) < 4.78 is 10.8. The summed E-state index contributed by atoms with van der Waals surface area (Å²) in [5.74, 6) is 1.28. The molecule has 0 aromatic heterocycles. The third-order valence-corrected chi connectivity index (χ3v) is 3.22. The standard InChI is InChI=1S/C15H13NO3/c1-18-13-6-5-12-14(15(13)19-2)11-7-10(17)4-3-9(11)8-16-12/h3-8,16H,1-2H3. The number of nitrogens with one attached hydrogen (secondary N) is 1. The molecular formula is C15H13NO3. The van der Waals surface area contributed by atoms with Gasteiger partial charge in [0.1, 0.15) is 0 Å². The van der Waals surface area contributed by atoms with E-state index >= 15 is 0 Å². The third kappa shape index (κ3) is 1.73. The molecule has 96 valence electrons. The maximum atomic E-state index is 11.6. The van der Waals surface area contributed by atoms with Crippen LogP contribution in [0.2, 0.25) is 0 Å². The monoisotopic (exact) mass is 255 g/mol. The number of hydrogen-bond donors (Lipinski definition) is 1. The molecule has 0 saturated carbocycles. The van der Waals surface area contributed by atoms with Crippen LogP contribution in [0.4, 0.5) is 0 Å². The Labute approximate surface area is 109 Å². The fourth-order valence-electron chi connectivity index (χ4n) is 2.35. The lowest BCUT2D eigenvalue weighted by atomic mass is 9.99. The first kappa shape index (κ1) is 11.6. The first-order valence-electron chi connectivity index (χ1n) is 5.90. The molecular weight excluding hydrogens is 242 g/mol. The first-order valence-corrected chi connectivity index (χ1v) is 5.90. The van der Waals surface area contributed by atoms with Crippen molar-refractivity contribution in [2.45, 2.75) is 0 Å². The highest BCUT2D eigenvalue weighted by molar-refractivity contribution is 6.01. The number of aromatic nitrogens is 1. The number of H-pyrrole nitrogens is 1. The fourth-order valence-corrected chi connectivity index (χ4v) is 2.35. The van der Waals surface area contributed by atoms with E-state index in [-0.39, 0.29) is 5.43 Å². The largest absolute Gasteiger partial charge is 0.493 e. The van der Waals surface area contributed by atoms with E-state index in [4.69, 9.17) is 9.47 Å². The Bertz CT molecular complexity index is 776. The van der Waals surface area contributed by atoms with E-state index in [1.165, 1.54) is 0 Å². The van der Waals surface area contributed by atoms with Crippen LogP contribution in [-0.4, -0.2) is 19.2 Å². The van der Waals surface area contributed by atoms with Crippen molar-refractivity contribution in [3.05, 3.63) is 46.8 Å². The van der Waals surface area contributed by atoms with Gasteiger partial charge in [0.05, 0.1) is 19.6 Å². The summed E-state index contributed by atoms with van der Waals surface area (Å²) >= 11 is 0. The Morgan fingerprint density at radius 3 is 2.63 bits per heavy atom. The summed E-state index contributed by atoms with van der Waals surface area (Å²) in [6, 6.07) is 8.72. The zero-order valence-electron chi connectivity index (χ0n) is 10.7. The van der Waals surface area contributed by atoms with E-state index in [1.807, 2.05) is 18.3 Å². The Morgan fingerprint density at radius 1 is 1.05 bits per heavy atom. The molecule has 0 amide bonds. The lowest BCUT2D eigenvalue weighted by Crippen LogP contribution is -2.00. The predicted molar refractivity (Wildman–Crippen MR) is 74.3 cm³/mol. The van der Waals surface area contributed by atoms with Gasteiger partial charge in [-0.3, -0.25) is 4.79 Å². The van der Waals surface area contributed by atoms with Crippen LogP contribution < -0.4 is 14.9 Å². The lowest BCUT2D eigenvalue weighted by Gasteiger charge is -2.15. The zero-order valence-corrected chi connectivity index (χ0v) is 10.7. The molecule has 1 aromatic rings. The summed E-state index contributed by atoms with van der Waals surface area (Å²) in [4.78, 5) is 14.8. The van der Waals surface area contributed by atoms with Gasteiger partial charge in [0, 0.05) is 17.3 Å². The van der Waals surface area contributed by atoms with Crippen molar-refractivity contribution >= 4 is 10.9 Å². The normalized spacial score (nSPS) is 10.8. The predicted octanol–water partition coefficient (Wildman–Crippen LogP) is 2.65. The fraction of sp³-hybridized carbons (Fsp3) is 0.133. The Morgan fingerprint density at radius 2 is 1.89 bits per heavy atom. The van der Waals surface area contributed by atoms with Gasteiger partial charge in [0.15, 0.2) is 16.9 Å². The number of benzene rings is 2. The Kier molecular flexibility index (Phi) is 2.63. The summed E-state index contributed by atoms with van der Waals surface area (Å²) in [5, 5.41) is 0.858. The van der Waals surface area contributed by atoms with E-state index < -0.39 is 0 Å². The molecule has 3 rings (SSSR count). The minimum atomic E-state index is -0.0233. The van der Waals surface area contributed by atoms with Gasteiger partial charge in [-0.1, -0.05) is 0 Å². The molecule has 1 heterocycles. The molecule has 0 atom stereocenters. The molecule has 0 saturated heterocycles. The molecule has 0 spiro atoms. The van der Waals surface area contributed by atoms with Crippen LogP contribution in [0.3, 0.4) is 0 Å². The number of methoxy groups -OCH3 is 2. The van der Waals surface area contributed by atoms with Crippen molar-refractivity contribution in [1.82, 2.24) is 4.98 Å². The van der Waals surface area contributed by atoms with E-state index in [0.717, 1.165) is 22.0 Å². The van der Waals surface area contributed by atoms with Gasteiger partial charge in [-0.2, -0.15) is 0 Å². The van der Waals surface area contributed by atoms with Crippen LogP contribution in [-0.2, 0) is 0 Å². The number of fused-ring (bicyclic) bond motifs is 3. The molecule has 2 aliphatic rings. The van der Waals surface area contributed by atoms with Crippen molar-refractivity contribution in [3.8, 4) is 22.6 Å². The van der Waals surface area contributed by atoms with Crippen LogP contribution in [0.5, 0.6) is 11.5 Å². The van der Waals surface area contributed by atoms with Crippen molar-refractivity contribution in [1.29, 1.82) is 0 Å². The smallest absolute Gasteiger partial charge is 0.179 e. The molecule has 1 aliphatic carbocycles. The van der Waals surface area contributed by atoms with E-state index in [0.29, 0.717) is 11.5 Å². The van der Waals surface area contributed by atoms with Gasteiger partial charge in [-0.05, 0) is 35.9 Å². The lowest BCUT2D eigenvalue weighted by molar-refractivity contribution is 0.358. The van der Waals surface area contributed by atoms with E-state index in [2.05, 4.69) is 4.98 Å². The molecule has 0 unspecified atom stereocenters. The van der Waals surface area contributed by atoms with Crippen molar-refractivity contribution in [2.75, 3.05) is 14.2 Å². The molecule has 19 heavy (non-hydrogen) atoms. The summed E-state index contributed by atoms with van der Waals surface area (Å²) in [6.07, 6.45) is 1.88. The number of rotatable bonds is 2. The van der Waals surface area contributed by atoms with E-state index in [9.17, 15) is 4.79 Å². The molecule has 0 fully saturated rings. The second-order valence-corrected chi connectivity index (χ2v) is 4.26. The summed E-state index contributed by atoms with van der Waals surface area (Å²) in [6.45, 7) is 0. The average Bonchev–Trinajstić information content (AvgIpc) is 2.45. The van der Waals surface area contributed by atoms with Gasteiger partial charge in [-0.15, -0.1) is 0 Å². The second-order valence-electron chi connectivity index (χ2n) is 4.26. The number of hydrogen-bond acceptors (Lipinski definition) is 3. The molecule has 4 nitrogen and oxygen atoms in total. The van der Waals surface area contributed by atoms with Crippen LogP contribution in [0.15, 0.2) is 41.3 Å². The van der Waals surface area contributed by atoms with Crippen molar-refractivity contribution < 1.29 is 9.47 Å². The van der Waals surface area contributed by atoms with Crippen LogP contribution in [0.25, 0.3) is 22.0 Å². The topological polar surface area (TPSA) is 51.3 Å². The highest BCUT2D eigenvalue weighted by Gasteiger charge is 2.15. The maximum absolute atomic E-state index is 11.6. The average molecular weight is 255 g/mol. The maximum Gasteiger partial charge on any atom is 0.179 e. The number of aromatic amines is 1. The van der Waals surface area contributed by atoms with Crippen molar-refractivity contribution in [3.63, 3.8) is 0 Å². The Hall–Kier alpha value is -2.49. The molecule has 1 aromatic carbocycles. The molecule has 0 radical (unpaired) electrons. The van der Waals surface area contributed by atoms with Gasteiger partial charge < -0.3 is 14.5 Å². The minimum absolute atomic E-state index is 0.0233. The van der Waals surface area contributed by atoms with Crippen LogP contribution in [0.1, 0.15) is 0 Å². The summed E-state index contributed by atoms with van der Waals surface area (Å²) in [5.41, 5.74) is 2.69. The van der Waals surface area contributed by atoms with Gasteiger partial charge in [0.25, 0.3) is 0 Å². The number of pyridine rings is 1. The first-order chi connectivity index (χ1) is 9.24. The molecule has 4 heteroatoms. The number of ether oxygens (including phenoxy) is 2. The van der Waals surface area contributed by atoms with Crippen LogP contribution >= 0.6 is 0 Å². The SMILES string of the molecule is COc1ccc2[nH]cc3ccc(=O)cc-3c2c1OC. The highest BCUT2D eigenvalue weighted by atomic mass is 16.5. The Balaban J connectivity index is 2.53. The molecule has 1 N–H and O–H groups in total. The minimum Gasteiger partial charge on any atom is -0.493 e. The zero-order chi connectivity index (χ0) is 13.4. The highest BCUT2D eigenvalue weighted by Crippen LogP contribution is 2.40. The second kappa shape index (κ2) is 4.31. The molecule has 0 bridgehead atoms. The van der Waals surface area contributed by atoms with Gasteiger partial charge in [-0.25, -0.2) is 0 Å². The van der Waals surface area contributed by atoms with Crippen molar-refractivity contribution in [2.24, 2.45) is 0 Å². The van der Waals surface area contributed by atoms with Gasteiger partial charge >= 0.3 is 0 Å². The molecule has 1 aliphatic heterocycles. The van der Waals surface area contributed by atoms with Gasteiger partial charge in [0.2, 0.25) is 0 Å². The van der Waals surface area contributed by atoms with Crippen LogP contribution in [0, 0.1) is 0 Å². The third-order valence-electron chi connectivity index (χ3n) is 3.22. The summed E-state index contributed by atoms with van der Waals surface area (Å²) in [7, 11) is 3.19. The van der Waals surface area contributed by atoms with E-state index in [1.54, 1.807) is 32.4 Å². The quantitative estimate of drug-likeness (QED) is 0.716.